The second kappa shape index (κ2) is 5.25. The number of carbonyl (C=O) groups excluding carboxylic acids is 2. The lowest BCUT2D eigenvalue weighted by Crippen LogP contribution is -2.30. The number of hydrogen-bond donors (Lipinski definition) is 1. The van der Waals surface area contributed by atoms with Crippen molar-refractivity contribution >= 4 is 39.6 Å². The van der Waals surface area contributed by atoms with Gasteiger partial charge in [-0.3, -0.25) is 19.7 Å². The molecule has 1 aromatic carbocycles. The molecule has 1 spiro atoms. The van der Waals surface area contributed by atoms with E-state index in [1.165, 1.54) is 12.1 Å². The SMILES string of the molecule is O=C1[C@@H]2[C@H](C(=O)N1/N=C\c1cc(Br)cc([N+](=O)[O-])c1O)[C@H]1C=C[C@@H]2C12CC2. The first-order valence-corrected chi connectivity index (χ1v) is 9.41. The fourth-order valence-electron chi connectivity index (χ4n) is 5.14. The number of nitro groups is 1. The van der Waals surface area contributed by atoms with E-state index >= 15 is 0 Å². The lowest BCUT2D eigenvalue weighted by Gasteiger charge is -2.18. The number of rotatable bonds is 3. The molecule has 1 aromatic rings. The molecule has 4 atom stereocenters. The van der Waals surface area contributed by atoms with E-state index in [-0.39, 0.29) is 46.5 Å². The van der Waals surface area contributed by atoms with Gasteiger partial charge in [-0.05, 0) is 36.2 Å². The molecule has 0 radical (unpaired) electrons. The van der Waals surface area contributed by atoms with Gasteiger partial charge < -0.3 is 5.11 Å². The van der Waals surface area contributed by atoms with Gasteiger partial charge in [0.1, 0.15) is 0 Å². The molecule has 9 heteroatoms. The molecule has 1 heterocycles. The van der Waals surface area contributed by atoms with Crippen molar-refractivity contribution in [1.82, 2.24) is 5.01 Å². The van der Waals surface area contributed by atoms with Crippen LogP contribution in [-0.2, 0) is 9.59 Å². The number of halogens is 1. The molecule has 2 saturated carbocycles. The number of imide groups is 1. The number of allylic oxidation sites excluding steroid dienone is 2. The Kier molecular flexibility index (Phi) is 3.23. The van der Waals surface area contributed by atoms with Gasteiger partial charge in [-0.1, -0.05) is 28.1 Å². The molecular formula is C18H14BrN3O5. The Hall–Kier alpha value is -2.55. The van der Waals surface area contributed by atoms with Gasteiger partial charge in [0.05, 0.1) is 23.0 Å². The maximum atomic E-state index is 12.8. The van der Waals surface area contributed by atoms with Gasteiger partial charge in [-0.25, -0.2) is 0 Å². The lowest BCUT2D eigenvalue weighted by atomic mass is 9.85. The van der Waals surface area contributed by atoms with Crippen molar-refractivity contribution in [2.75, 3.05) is 0 Å². The van der Waals surface area contributed by atoms with Crippen LogP contribution in [0.15, 0.2) is 33.9 Å². The standard InChI is InChI=1S/C18H14BrN3O5/c19-9-5-8(15(23)12(6-9)22(26)27)7-20-21-16(24)13-10-1-2-11(14(13)17(21)25)18(10)3-4-18/h1-2,5-7,10-11,13-14,23H,3-4H2/b20-7-/t10-,11+,13-,14+. The van der Waals surface area contributed by atoms with Gasteiger partial charge >= 0.3 is 5.69 Å². The fraction of sp³-hybridized carbons (Fsp3) is 0.389. The molecule has 0 unspecified atom stereocenters. The average Bonchev–Trinajstić information content (AvgIpc) is 3.22. The van der Waals surface area contributed by atoms with E-state index in [4.69, 9.17) is 0 Å². The maximum absolute atomic E-state index is 12.8. The predicted octanol–water partition coefficient (Wildman–Crippen LogP) is 2.59. The summed E-state index contributed by atoms with van der Waals surface area (Å²) in [6.07, 6.45) is 7.37. The van der Waals surface area contributed by atoms with E-state index in [9.17, 15) is 24.8 Å². The van der Waals surface area contributed by atoms with Crippen LogP contribution in [0.25, 0.3) is 0 Å². The van der Waals surface area contributed by atoms with Crippen LogP contribution in [0, 0.1) is 39.2 Å². The maximum Gasteiger partial charge on any atom is 0.312 e. The van der Waals surface area contributed by atoms with Crippen LogP contribution in [0.4, 0.5) is 5.69 Å². The van der Waals surface area contributed by atoms with Gasteiger partial charge in [0, 0.05) is 16.1 Å². The van der Waals surface area contributed by atoms with Crippen LogP contribution in [0.5, 0.6) is 5.75 Å². The summed E-state index contributed by atoms with van der Waals surface area (Å²) in [7, 11) is 0. The van der Waals surface area contributed by atoms with E-state index in [0.717, 1.165) is 24.1 Å². The molecule has 138 valence electrons. The first kappa shape index (κ1) is 16.6. The van der Waals surface area contributed by atoms with Gasteiger partial charge in [0.25, 0.3) is 11.8 Å². The number of amides is 2. The Morgan fingerprint density at radius 3 is 2.33 bits per heavy atom. The first-order chi connectivity index (χ1) is 12.8. The van der Waals surface area contributed by atoms with E-state index in [1.807, 2.05) is 0 Å². The second-order valence-electron chi connectivity index (χ2n) is 7.57. The summed E-state index contributed by atoms with van der Waals surface area (Å²) in [5.41, 5.74) is -0.326. The van der Waals surface area contributed by atoms with Crippen molar-refractivity contribution in [1.29, 1.82) is 0 Å². The Bertz CT molecular complexity index is 949. The Morgan fingerprint density at radius 2 is 1.81 bits per heavy atom. The predicted molar refractivity (Wildman–Crippen MR) is 96.7 cm³/mol. The van der Waals surface area contributed by atoms with Gasteiger partial charge in [0.2, 0.25) is 5.75 Å². The largest absolute Gasteiger partial charge is 0.502 e. The number of hydrogen-bond acceptors (Lipinski definition) is 6. The molecule has 2 amide bonds. The molecule has 2 bridgehead atoms. The van der Waals surface area contributed by atoms with Crippen LogP contribution < -0.4 is 0 Å². The molecule has 3 aliphatic carbocycles. The quantitative estimate of drug-likeness (QED) is 0.259. The molecule has 3 fully saturated rings. The Balaban J connectivity index is 1.46. The number of nitro benzene ring substituents is 1. The average molecular weight is 432 g/mol. The number of fused-ring (bicyclic) bond motifs is 3. The molecular weight excluding hydrogens is 418 g/mol. The van der Waals surface area contributed by atoms with E-state index in [0.29, 0.717) is 4.47 Å². The highest BCUT2D eigenvalue weighted by Crippen LogP contribution is 2.73. The summed E-state index contributed by atoms with van der Waals surface area (Å²) in [4.78, 5) is 36.0. The third-order valence-corrected chi connectivity index (χ3v) is 6.88. The molecule has 1 aliphatic heterocycles. The third-order valence-electron chi connectivity index (χ3n) is 6.42. The number of phenols is 1. The number of nitrogens with zero attached hydrogens (tertiary/aromatic N) is 3. The summed E-state index contributed by atoms with van der Waals surface area (Å²) < 4.78 is 0.377. The van der Waals surface area contributed by atoms with Crippen LogP contribution >= 0.6 is 15.9 Å². The number of hydrazone groups is 1. The van der Waals surface area contributed by atoms with Crippen LogP contribution in [0.1, 0.15) is 18.4 Å². The minimum Gasteiger partial charge on any atom is -0.502 e. The van der Waals surface area contributed by atoms with Crippen LogP contribution in [0.3, 0.4) is 0 Å². The molecule has 27 heavy (non-hydrogen) atoms. The van der Waals surface area contributed by atoms with E-state index in [1.54, 1.807) is 0 Å². The zero-order valence-electron chi connectivity index (χ0n) is 13.9. The Labute approximate surface area is 161 Å². The minimum atomic E-state index is -0.716. The smallest absolute Gasteiger partial charge is 0.312 e. The topological polar surface area (TPSA) is 113 Å². The highest BCUT2D eigenvalue weighted by molar-refractivity contribution is 9.10. The summed E-state index contributed by atoms with van der Waals surface area (Å²) in [6.45, 7) is 0. The molecule has 1 N–H and O–H groups in total. The highest BCUT2D eigenvalue weighted by atomic mass is 79.9. The molecule has 8 nitrogen and oxygen atoms in total. The van der Waals surface area contributed by atoms with Crippen LogP contribution in [0.2, 0.25) is 0 Å². The fourth-order valence-corrected chi connectivity index (χ4v) is 5.60. The van der Waals surface area contributed by atoms with Gasteiger partial charge in [-0.15, -0.1) is 0 Å². The molecule has 4 aliphatic rings. The van der Waals surface area contributed by atoms with Crippen molar-refractivity contribution in [2.45, 2.75) is 12.8 Å². The van der Waals surface area contributed by atoms with Gasteiger partial charge in [0.15, 0.2) is 0 Å². The van der Waals surface area contributed by atoms with Crippen molar-refractivity contribution in [3.05, 3.63) is 44.4 Å². The number of phenolic OH excluding ortho intramolecular Hbond substituents is 1. The molecule has 0 aromatic heterocycles. The summed E-state index contributed by atoms with van der Waals surface area (Å²) in [6, 6.07) is 2.60. The highest BCUT2D eigenvalue weighted by Gasteiger charge is 2.73. The number of carbonyl (C=O) groups is 2. The Morgan fingerprint density at radius 1 is 1.22 bits per heavy atom. The monoisotopic (exact) mass is 431 g/mol. The second-order valence-corrected chi connectivity index (χ2v) is 8.49. The molecule has 5 rings (SSSR count). The van der Waals surface area contributed by atoms with E-state index in [2.05, 4.69) is 33.2 Å². The van der Waals surface area contributed by atoms with Crippen molar-refractivity contribution < 1.29 is 19.6 Å². The lowest BCUT2D eigenvalue weighted by molar-refractivity contribution is -0.385. The van der Waals surface area contributed by atoms with Crippen LogP contribution in [-0.4, -0.2) is 33.1 Å². The molecule has 1 saturated heterocycles. The summed E-state index contributed by atoms with van der Waals surface area (Å²) >= 11 is 3.14. The normalized spacial score (nSPS) is 32.1. The van der Waals surface area contributed by atoms with Crippen molar-refractivity contribution in [3.63, 3.8) is 0 Å². The zero-order valence-corrected chi connectivity index (χ0v) is 15.5. The number of benzene rings is 1. The van der Waals surface area contributed by atoms with Crippen molar-refractivity contribution in [2.24, 2.45) is 34.2 Å². The van der Waals surface area contributed by atoms with Crippen molar-refractivity contribution in [3.8, 4) is 5.75 Å². The van der Waals surface area contributed by atoms with Gasteiger partial charge in [-0.2, -0.15) is 10.1 Å². The summed E-state index contributed by atoms with van der Waals surface area (Å²) in [5.74, 6) is -1.74. The number of aromatic hydroxyl groups is 1. The first-order valence-electron chi connectivity index (χ1n) is 8.62. The third kappa shape index (κ3) is 2.06. The zero-order chi connectivity index (χ0) is 19.1. The van der Waals surface area contributed by atoms with E-state index < -0.39 is 16.4 Å². The summed E-state index contributed by atoms with van der Waals surface area (Å²) in [5, 5.41) is 25.9. The minimum absolute atomic E-state index is 0.0495.